The maximum absolute atomic E-state index is 13.6. The molecule has 2 rings (SSSR count). The number of thioether (sulfide) groups is 1. The fraction of sp³-hybridized carbons (Fsp3) is 0.235. The van der Waals surface area contributed by atoms with Crippen molar-refractivity contribution < 1.29 is 13.9 Å². The van der Waals surface area contributed by atoms with Crippen LogP contribution in [0.3, 0.4) is 0 Å². The quantitative estimate of drug-likeness (QED) is 0.615. The number of nitriles is 1. The van der Waals surface area contributed by atoms with Gasteiger partial charge in [0, 0.05) is 5.75 Å². The summed E-state index contributed by atoms with van der Waals surface area (Å²) in [6.07, 6.45) is 0. The Morgan fingerprint density at radius 1 is 1.43 bits per heavy atom. The number of carbonyl (C=O) groups excluding carboxylic acids is 1. The maximum atomic E-state index is 13.6. The lowest BCUT2D eigenvalue weighted by Crippen LogP contribution is -2.09. The molecular formula is C17H15FN2O2S. The van der Waals surface area contributed by atoms with E-state index in [2.05, 4.69) is 4.98 Å². The number of rotatable bonds is 5. The number of halogens is 1. The van der Waals surface area contributed by atoms with Gasteiger partial charge in [0.05, 0.1) is 23.4 Å². The number of aromatic nitrogens is 1. The Labute approximate surface area is 138 Å². The van der Waals surface area contributed by atoms with Crippen LogP contribution >= 0.6 is 11.8 Å². The third-order valence-corrected chi connectivity index (χ3v) is 4.16. The van der Waals surface area contributed by atoms with E-state index in [1.165, 1.54) is 23.9 Å². The van der Waals surface area contributed by atoms with E-state index >= 15 is 0 Å². The number of carbonyl (C=O) groups is 1. The van der Waals surface area contributed by atoms with Crippen molar-refractivity contribution in [3.8, 4) is 6.07 Å². The van der Waals surface area contributed by atoms with Gasteiger partial charge in [0.25, 0.3) is 0 Å². The molecule has 0 aliphatic carbocycles. The molecule has 0 aliphatic heterocycles. The van der Waals surface area contributed by atoms with Gasteiger partial charge in [-0.1, -0.05) is 18.2 Å². The van der Waals surface area contributed by atoms with Crippen molar-refractivity contribution in [1.29, 1.82) is 5.26 Å². The average molecular weight is 330 g/mol. The Bertz CT molecular complexity index is 772. The predicted octanol–water partition coefficient (Wildman–Crippen LogP) is 3.87. The van der Waals surface area contributed by atoms with Gasteiger partial charge in [-0.05, 0) is 31.5 Å². The van der Waals surface area contributed by atoms with Crippen molar-refractivity contribution in [3.63, 3.8) is 0 Å². The number of hydrogen-bond acceptors (Lipinski definition) is 5. The van der Waals surface area contributed by atoms with Crippen molar-refractivity contribution in [2.75, 3.05) is 6.61 Å². The molecule has 4 nitrogen and oxygen atoms in total. The molecule has 0 saturated carbocycles. The number of esters is 1. The fourth-order valence-electron chi connectivity index (χ4n) is 1.95. The number of benzene rings is 1. The number of ether oxygens (including phenoxy) is 1. The Morgan fingerprint density at radius 3 is 2.83 bits per heavy atom. The normalized spacial score (nSPS) is 10.2. The molecule has 0 bridgehead atoms. The van der Waals surface area contributed by atoms with Crippen LogP contribution in [-0.4, -0.2) is 17.6 Å². The first-order valence-electron chi connectivity index (χ1n) is 7.01. The second-order valence-corrected chi connectivity index (χ2v) is 5.65. The molecule has 0 radical (unpaired) electrons. The highest BCUT2D eigenvalue weighted by atomic mass is 32.2. The molecule has 1 heterocycles. The van der Waals surface area contributed by atoms with Gasteiger partial charge in [-0.2, -0.15) is 5.26 Å². The predicted molar refractivity (Wildman–Crippen MR) is 85.6 cm³/mol. The molecule has 0 N–H and O–H groups in total. The number of hydrogen-bond donors (Lipinski definition) is 0. The van der Waals surface area contributed by atoms with Gasteiger partial charge >= 0.3 is 5.97 Å². The maximum Gasteiger partial charge on any atom is 0.340 e. The Balaban J connectivity index is 2.26. The molecule has 0 aliphatic rings. The van der Waals surface area contributed by atoms with Crippen LogP contribution in [0.15, 0.2) is 35.4 Å². The zero-order valence-corrected chi connectivity index (χ0v) is 13.6. The lowest BCUT2D eigenvalue weighted by molar-refractivity contribution is 0.0524. The third-order valence-electron chi connectivity index (χ3n) is 3.12. The Hall–Kier alpha value is -2.39. The summed E-state index contributed by atoms with van der Waals surface area (Å²) >= 11 is 1.26. The van der Waals surface area contributed by atoms with Crippen LogP contribution in [0.5, 0.6) is 0 Å². The number of pyridine rings is 1. The first kappa shape index (κ1) is 17.0. The summed E-state index contributed by atoms with van der Waals surface area (Å²) in [6, 6.07) is 9.97. The minimum atomic E-state index is -0.500. The van der Waals surface area contributed by atoms with E-state index in [1.807, 2.05) is 6.07 Å². The van der Waals surface area contributed by atoms with Crippen LogP contribution in [0.4, 0.5) is 4.39 Å². The highest BCUT2D eigenvalue weighted by molar-refractivity contribution is 7.98. The standard InChI is InChI=1S/C17H15FN2O2S/c1-3-22-17(21)14-8-13(9-19)16(20-11(14)2)23-10-12-6-4-5-7-15(12)18/h4-8H,3,10H2,1-2H3. The topological polar surface area (TPSA) is 63.0 Å². The van der Waals surface area contributed by atoms with Crippen LogP contribution in [0.1, 0.15) is 34.1 Å². The molecule has 0 fully saturated rings. The van der Waals surface area contributed by atoms with Crippen LogP contribution in [-0.2, 0) is 10.5 Å². The van der Waals surface area contributed by atoms with E-state index in [-0.39, 0.29) is 23.6 Å². The molecule has 118 valence electrons. The van der Waals surface area contributed by atoms with Crippen LogP contribution < -0.4 is 0 Å². The highest BCUT2D eigenvalue weighted by Crippen LogP contribution is 2.27. The summed E-state index contributed by atoms with van der Waals surface area (Å²) in [5.74, 6) is -0.440. The van der Waals surface area contributed by atoms with Gasteiger partial charge in [0.1, 0.15) is 16.9 Å². The van der Waals surface area contributed by atoms with Gasteiger partial charge in [-0.3, -0.25) is 0 Å². The molecule has 6 heteroatoms. The number of nitrogens with zero attached hydrogens (tertiary/aromatic N) is 2. The van der Waals surface area contributed by atoms with Crippen molar-refractivity contribution in [2.24, 2.45) is 0 Å². The van der Waals surface area contributed by atoms with E-state index in [1.54, 1.807) is 32.0 Å². The molecule has 1 aromatic carbocycles. The summed E-state index contributed by atoms with van der Waals surface area (Å²) < 4.78 is 18.6. The summed E-state index contributed by atoms with van der Waals surface area (Å²) in [6.45, 7) is 3.65. The molecule has 0 atom stereocenters. The van der Waals surface area contributed by atoms with Crippen molar-refractivity contribution in [3.05, 3.63) is 58.5 Å². The Morgan fingerprint density at radius 2 is 2.17 bits per heavy atom. The van der Waals surface area contributed by atoms with E-state index in [0.717, 1.165) is 0 Å². The monoisotopic (exact) mass is 330 g/mol. The molecule has 1 aromatic heterocycles. The minimum Gasteiger partial charge on any atom is -0.462 e. The second kappa shape index (κ2) is 7.75. The van der Waals surface area contributed by atoms with Crippen molar-refractivity contribution in [2.45, 2.75) is 24.6 Å². The molecule has 23 heavy (non-hydrogen) atoms. The zero-order valence-electron chi connectivity index (χ0n) is 12.8. The van der Waals surface area contributed by atoms with Crippen molar-refractivity contribution >= 4 is 17.7 Å². The molecule has 2 aromatic rings. The molecule has 0 spiro atoms. The summed E-state index contributed by atoms with van der Waals surface area (Å²) in [7, 11) is 0. The van der Waals surface area contributed by atoms with Crippen LogP contribution in [0.25, 0.3) is 0 Å². The van der Waals surface area contributed by atoms with Gasteiger partial charge in [-0.15, -0.1) is 11.8 Å². The highest BCUT2D eigenvalue weighted by Gasteiger charge is 2.16. The molecule has 0 saturated heterocycles. The van der Waals surface area contributed by atoms with Crippen molar-refractivity contribution in [1.82, 2.24) is 4.98 Å². The van der Waals surface area contributed by atoms with Crippen LogP contribution in [0.2, 0.25) is 0 Å². The minimum absolute atomic E-state index is 0.254. The van der Waals surface area contributed by atoms with E-state index in [9.17, 15) is 14.4 Å². The SMILES string of the molecule is CCOC(=O)c1cc(C#N)c(SCc2ccccc2F)nc1C. The van der Waals surface area contributed by atoms with Gasteiger partial charge in [0.15, 0.2) is 0 Å². The lowest BCUT2D eigenvalue weighted by Gasteiger charge is -2.09. The Kier molecular flexibility index (Phi) is 5.72. The van der Waals surface area contributed by atoms with E-state index in [0.29, 0.717) is 22.0 Å². The summed E-state index contributed by atoms with van der Waals surface area (Å²) in [5.41, 5.74) is 1.58. The zero-order chi connectivity index (χ0) is 16.8. The van der Waals surface area contributed by atoms with Crippen LogP contribution in [0, 0.1) is 24.1 Å². The fourth-order valence-corrected chi connectivity index (χ4v) is 2.94. The largest absolute Gasteiger partial charge is 0.462 e. The average Bonchev–Trinajstić information content (AvgIpc) is 2.54. The first-order valence-corrected chi connectivity index (χ1v) is 8.00. The summed E-state index contributed by atoms with van der Waals surface area (Å²) in [5, 5.41) is 9.74. The third kappa shape index (κ3) is 4.08. The van der Waals surface area contributed by atoms with E-state index < -0.39 is 5.97 Å². The van der Waals surface area contributed by atoms with Gasteiger partial charge in [0.2, 0.25) is 0 Å². The molecule has 0 amide bonds. The van der Waals surface area contributed by atoms with E-state index in [4.69, 9.17) is 4.74 Å². The summed E-state index contributed by atoms with van der Waals surface area (Å²) in [4.78, 5) is 16.2. The van der Waals surface area contributed by atoms with Gasteiger partial charge < -0.3 is 4.74 Å². The lowest BCUT2D eigenvalue weighted by atomic mass is 10.1. The first-order chi connectivity index (χ1) is 11.1. The second-order valence-electron chi connectivity index (χ2n) is 4.69. The van der Waals surface area contributed by atoms with Gasteiger partial charge in [-0.25, -0.2) is 14.2 Å². The number of aryl methyl sites for hydroxylation is 1. The molecule has 0 unspecified atom stereocenters. The smallest absolute Gasteiger partial charge is 0.340 e. The molecular weight excluding hydrogens is 315 g/mol.